The number of carbonyl (C=O) groups is 2. The number of benzene rings is 3. The standard InChI is InChI=1S/C35H42N4O3S/c1-5-27(6-2)28-16-18-31(19-17-28)39(25(3)4)22-26-12-14-29(15-13-26)32-24-43-33(37-32)20-21-38(23-34(40)41)35(42)36-30-10-8-7-9-11-30/h7-19,24-25,27H,5-6,20-23H2,1-4H3,(H,36,42)(H,40,41). The predicted octanol–water partition coefficient (Wildman–Crippen LogP) is 8.29. The van der Waals surface area contributed by atoms with Gasteiger partial charge in [0.05, 0.1) is 10.7 Å². The van der Waals surface area contributed by atoms with Gasteiger partial charge in [-0.1, -0.05) is 68.4 Å². The SMILES string of the molecule is CCC(CC)c1ccc(N(Cc2ccc(-c3csc(CCN(CC(=O)O)C(=O)Nc4ccccc4)n3)cc2)C(C)C)cc1. The van der Waals surface area contributed by atoms with Gasteiger partial charge in [0.2, 0.25) is 0 Å². The molecule has 1 heterocycles. The van der Waals surface area contributed by atoms with Gasteiger partial charge in [-0.3, -0.25) is 4.79 Å². The van der Waals surface area contributed by atoms with Crippen molar-refractivity contribution in [1.29, 1.82) is 0 Å². The number of hydrogen-bond donors (Lipinski definition) is 2. The van der Waals surface area contributed by atoms with Gasteiger partial charge in [-0.25, -0.2) is 9.78 Å². The molecule has 226 valence electrons. The summed E-state index contributed by atoms with van der Waals surface area (Å²) in [6, 6.07) is 26.5. The quantitative estimate of drug-likeness (QED) is 0.153. The van der Waals surface area contributed by atoms with Gasteiger partial charge in [-0.15, -0.1) is 11.3 Å². The van der Waals surface area contributed by atoms with Crippen LogP contribution in [0.25, 0.3) is 11.3 Å². The van der Waals surface area contributed by atoms with Crippen LogP contribution in [-0.4, -0.2) is 46.1 Å². The maximum atomic E-state index is 12.7. The molecule has 0 fully saturated rings. The third-order valence-electron chi connectivity index (χ3n) is 7.69. The van der Waals surface area contributed by atoms with Gasteiger partial charge >= 0.3 is 12.0 Å². The minimum Gasteiger partial charge on any atom is -0.480 e. The number of para-hydroxylation sites is 1. The van der Waals surface area contributed by atoms with Gasteiger partial charge < -0.3 is 20.2 Å². The van der Waals surface area contributed by atoms with E-state index < -0.39 is 12.0 Å². The van der Waals surface area contributed by atoms with E-state index in [2.05, 4.69) is 86.4 Å². The smallest absolute Gasteiger partial charge is 0.323 e. The van der Waals surface area contributed by atoms with Gasteiger partial charge in [-0.05, 0) is 68.0 Å². The van der Waals surface area contributed by atoms with E-state index in [1.54, 1.807) is 12.1 Å². The molecule has 0 saturated carbocycles. The predicted molar refractivity (Wildman–Crippen MR) is 177 cm³/mol. The van der Waals surface area contributed by atoms with E-state index in [0.29, 0.717) is 24.1 Å². The summed E-state index contributed by atoms with van der Waals surface area (Å²) >= 11 is 1.52. The van der Waals surface area contributed by atoms with Gasteiger partial charge in [-0.2, -0.15) is 0 Å². The van der Waals surface area contributed by atoms with Crippen LogP contribution >= 0.6 is 11.3 Å². The van der Waals surface area contributed by atoms with Crippen LogP contribution in [0.1, 0.15) is 62.6 Å². The number of nitrogens with one attached hydrogen (secondary N) is 1. The number of carboxylic acids is 1. The van der Waals surface area contributed by atoms with Crippen molar-refractivity contribution in [3.05, 3.63) is 100 Å². The highest BCUT2D eigenvalue weighted by atomic mass is 32.1. The van der Waals surface area contributed by atoms with Gasteiger partial charge in [0.25, 0.3) is 0 Å². The second-order valence-electron chi connectivity index (χ2n) is 11.0. The van der Waals surface area contributed by atoms with Crippen LogP contribution in [0.15, 0.2) is 84.2 Å². The number of thiazole rings is 1. The lowest BCUT2D eigenvalue weighted by Crippen LogP contribution is -2.40. The molecule has 2 N–H and O–H groups in total. The molecule has 8 heteroatoms. The number of aromatic nitrogens is 1. The third-order valence-corrected chi connectivity index (χ3v) is 8.60. The van der Waals surface area contributed by atoms with Crippen molar-refractivity contribution in [3.63, 3.8) is 0 Å². The number of anilines is 2. The summed E-state index contributed by atoms with van der Waals surface area (Å²) in [7, 11) is 0. The minimum atomic E-state index is -1.06. The molecule has 3 aromatic carbocycles. The highest BCUT2D eigenvalue weighted by molar-refractivity contribution is 7.09. The molecule has 4 aromatic rings. The van der Waals surface area contributed by atoms with Crippen LogP contribution in [0, 0.1) is 0 Å². The number of nitrogens with zero attached hydrogens (tertiary/aromatic N) is 3. The van der Waals surface area contributed by atoms with Gasteiger partial charge in [0.15, 0.2) is 0 Å². The molecule has 0 aliphatic rings. The molecule has 7 nitrogen and oxygen atoms in total. The molecule has 1 aromatic heterocycles. The first-order valence-corrected chi connectivity index (χ1v) is 15.9. The van der Waals surface area contributed by atoms with Crippen molar-refractivity contribution in [2.75, 3.05) is 23.3 Å². The van der Waals surface area contributed by atoms with E-state index in [9.17, 15) is 14.7 Å². The van der Waals surface area contributed by atoms with E-state index in [1.807, 2.05) is 23.6 Å². The number of carboxylic acid groups (broad SMARTS) is 1. The molecule has 2 amide bonds. The Morgan fingerprint density at radius 2 is 1.60 bits per heavy atom. The molecule has 4 rings (SSSR count). The fraction of sp³-hybridized carbons (Fsp3) is 0.343. The molecule has 0 aliphatic carbocycles. The normalized spacial score (nSPS) is 11.1. The van der Waals surface area contributed by atoms with Crippen LogP contribution in [0.2, 0.25) is 0 Å². The minimum absolute atomic E-state index is 0.250. The second kappa shape index (κ2) is 15.3. The maximum absolute atomic E-state index is 12.7. The zero-order valence-corrected chi connectivity index (χ0v) is 26.3. The van der Waals surface area contributed by atoms with Crippen LogP contribution in [0.5, 0.6) is 0 Å². The molecular formula is C35H42N4O3S. The Morgan fingerprint density at radius 1 is 0.930 bits per heavy atom. The lowest BCUT2D eigenvalue weighted by atomic mass is 9.94. The summed E-state index contributed by atoms with van der Waals surface area (Å²) in [4.78, 5) is 32.6. The first-order chi connectivity index (χ1) is 20.8. The van der Waals surface area contributed by atoms with Crippen LogP contribution in [-0.2, 0) is 17.8 Å². The van der Waals surface area contributed by atoms with Crippen molar-refractivity contribution in [2.24, 2.45) is 0 Å². The highest BCUT2D eigenvalue weighted by Crippen LogP contribution is 2.28. The van der Waals surface area contributed by atoms with Gasteiger partial charge in [0, 0.05) is 47.9 Å². The Hall–Kier alpha value is -4.17. The molecule has 0 unspecified atom stereocenters. The van der Waals surface area contributed by atoms with Crippen LogP contribution in [0.3, 0.4) is 0 Å². The molecule has 0 aliphatic heterocycles. The Kier molecular flexibility index (Phi) is 11.3. The van der Waals surface area contributed by atoms with Crippen LogP contribution in [0.4, 0.5) is 16.2 Å². The average Bonchev–Trinajstić information content (AvgIpc) is 3.48. The lowest BCUT2D eigenvalue weighted by Gasteiger charge is -2.30. The Balaban J connectivity index is 1.38. The van der Waals surface area contributed by atoms with E-state index in [4.69, 9.17) is 4.98 Å². The first kappa shape index (κ1) is 31.8. The Morgan fingerprint density at radius 3 is 2.21 bits per heavy atom. The molecule has 0 bridgehead atoms. The highest BCUT2D eigenvalue weighted by Gasteiger charge is 2.18. The summed E-state index contributed by atoms with van der Waals surface area (Å²) in [6.07, 6.45) is 2.79. The van der Waals surface area contributed by atoms with Crippen molar-refractivity contribution in [3.8, 4) is 11.3 Å². The van der Waals surface area contributed by atoms with Crippen molar-refractivity contribution in [1.82, 2.24) is 9.88 Å². The zero-order valence-electron chi connectivity index (χ0n) is 25.5. The topological polar surface area (TPSA) is 85.8 Å². The number of amides is 2. The maximum Gasteiger partial charge on any atom is 0.323 e. The van der Waals surface area contributed by atoms with E-state index in [1.165, 1.54) is 33.1 Å². The largest absolute Gasteiger partial charge is 0.480 e. The third kappa shape index (κ3) is 8.91. The zero-order chi connectivity index (χ0) is 30.8. The summed E-state index contributed by atoms with van der Waals surface area (Å²) in [5.74, 6) is -0.444. The lowest BCUT2D eigenvalue weighted by molar-refractivity contribution is -0.137. The molecule has 0 radical (unpaired) electrons. The Bertz CT molecular complexity index is 1450. The average molecular weight is 599 g/mol. The number of urea groups is 1. The van der Waals surface area contributed by atoms with E-state index in [0.717, 1.165) is 35.7 Å². The molecule has 0 saturated heterocycles. The summed E-state index contributed by atoms with van der Waals surface area (Å²) in [5.41, 5.74) is 6.39. The number of aliphatic carboxylic acids is 1. The number of carbonyl (C=O) groups excluding carboxylic acids is 1. The number of rotatable bonds is 14. The summed E-state index contributed by atoms with van der Waals surface area (Å²) in [6.45, 7) is 9.64. The monoisotopic (exact) mass is 598 g/mol. The molecule has 43 heavy (non-hydrogen) atoms. The molecular weight excluding hydrogens is 556 g/mol. The van der Waals surface area contributed by atoms with Crippen molar-refractivity contribution >= 4 is 34.7 Å². The fourth-order valence-corrected chi connectivity index (χ4v) is 5.97. The molecule has 0 atom stereocenters. The first-order valence-electron chi connectivity index (χ1n) is 15.0. The fourth-order valence-electron chi connectivity index (χ4n) is 5.18. The van der Waals surface area contributed by atoms with E-state index in [-0.39, 0.29) is 13.1 Å². The number of hydrogen-bond acceptors (Lipinski definition) is 5. The summed E-state index contributed by atoms with van der Waals surface area (Å²) in [5, 5.41) is 15.0. The van der Waals surface area contributed by atoms with Gasteiger partial charge in [0.1, 0.15) is 6.54 Å². The molecule has 0 spiro atoms. The summed E-state index contributed by atoms with van der Waals surface area (Å²) < 4.78 is 0. The second-order valence-corrected chi connectivity index (χ2v) is 12.0. The van der Waals surface area contributed by atoms with Crippen molar-refractivity contribution < 1.29 is 14.7 Å². The van der Waals surface area contributed by atoms with Crippen molar-refractivity contribution in [2.45, 2.75) is 65.5 Å². The van der Waals surface area contributed by atoms with E-state index >= 15 is 0 Å². The van der Waals surface area contributed by atoms with Crippen LogP contribution < -0.4 is 10.2 Å². The Labute approximate surface area is 259 Å².